The Bertz CT molecular complexity index is 595. The third kappa shape index (κ3) is 2.79. The standard InChI is InChI=1S/C16H15Cl2N/c17-15-7-3-6-14(16(15)18)11-19-9-8-12-4-1-2-5-13(12)10-19/h1-7H,8-11H2/p+1. The number of fused-ring (bicyclic) bond motifs is 1. The first-order chi connectivity index (χ1) is 9.24. The van der Waals surface area contributed by atoms with Gasteiger partial charge in [0.05, 0.1) is 16.6 Å². The van der Waals surface area contributed by atoms with Crippen LogP contribution in [0.3, 0.4) is 0 Å². The molecule has 98 valence electrons. The maximum Gasteiger partial charge on any atom is 0.105 e. The van der Waals surface area contributed by atoms with Crippen molar-refractivity contribution < 1.29 is 4.90 Å². The van der Waals surface area contributed by atoms with Gasteiger partial charge in [0.1, 0.15) is 13.1 Å². The van der Waals surface area contributed by atoms with Crippen LogP contribution in [-0.2, 0) is 19.5 Å². The minimum Gasteiger partial charge on any atom is -0.327 e. The van der Waals surface area contributed by atoms with Crippen molar-refractivity contribution >= 4 is 23.2 Å². The molecular formula is C16H16Cl2N+. The highest BCUT2D eigenvalue weighted by Gasteiger charge is 2.20. The van der Waals surface area contributed by atoms with Crippen molar-refractivity contribution in [3.05, 3.63) is 69.2 Å². The molecule has 0 aromatic heterocycles. The molecule has 1 nitrogen and oxygen atoms in total. The number of nitrogens with one attached hydrogen (secondary N) is 1. The second-order valence-corrected chi connectivity index (χ2v) is 5.87. The largest absolute Gasteiger partial charge is 0.327 e. The highest BCUT2D eigenvalue weighted by atomic mass is 35.5. The fraction of sp³-hybridized carbons (Fsp3) is 0.250. The molecule has 0 amide bonds. The van der Waals surface area contributed by atoms with Gasteiger partial charge in [0.15, 0.2) is 0 Å². The Morgan fingerprint density at radius 1 is 0.947 bits per heavy atom. The molecule has 3 heteroatoms. The van der Waals surface area contributed by atoms with Gasteiger partial charge in [0.2, 0.25) is 0 Å². The molecule has 0 saturated heterocycles. The Kier molecular flexibility index (Phi) is 3.79. The van der Waals surface area contributed by atoms with Crippen molar-refractivity contribution in [2.75, 3.05) is 6.54 Å². The van der Waals surface area contributed by atoms with E-state index in [-0.39, 0.29) is 0 Å². The van der Waals surface area contributed by atoms with Gasteiger partial charge in [-0.15, -0.1) is 0 Å². The lowest BCUT2D eigenvalue weighted by molar-refractivity contribution is -0.929. The van der Waals surface area contributed by atoms with Crippen molar-refractivity contribution in [2.45, 2.75) is 19.5 Å². The molecule has 2 aromatic carbocycles. The molecule has 0 radical (unpaired) electrons. The van der Waals surface area contributed by atoms with Crippen LogP contribution in [0.15, 0.2) is 42.5 Å². The number of hydrogen-bond donors (Lipinski definition) is 1. The van der Waals surface area contributed by atoms with Crippen LogP contribution in [0.1, 0.15) is 16.7 Å². The lowest BCUT2D eigenvalue weighted by Gasteiger charge is -2.26. The van der Waals surface area contributed by atoms with Crippen molar-refractivity contribution in [1.29, 1.82) is 0 Å². The lowest BCUT2D eigenvalue weighted by atomic mass is 9.99. The fourth-order valence-corrected chi connectivity index (χ4v) is 3.14. The van der Waals surface area contributed by atoms with Gasteiger partial charge in [0.25, 0.3) is 0 Å². The normalized spacial score (nSPS) is 18.1. The summed E-state index contributed by atoms with van der Waals surface area (Å²) in [6.07, 6.45) is 1.14. The molecule has 1 atom stereocenters. The van der Waals surface area contributed by atoms with Crippen LogP contribution in [0.25, 0.3) is 0 Å². The summed E-state index contributed by atoms with van der Waals surface area (Å²) in [5.41, 5.74) is 4.09. The third-order valence-electron chi connectivity index (χ3n) is 3.78. The van der Waals surface area contributed by atoms with Gasteiger partial charge >= 0.3 is 0 Å². The zero-order chi connectivity index (χ0) is 13.2. The van der Waals surface area contributed by atoms with E-state index in [1.165, 1.54) is 11.1 Å². The van der Waals surface area contributed by atoms with E-state index in [2.05, 4.69) is 30.3 Å². The van der Waals surface area contributed by atoms with E-state index in [9.17, 15) is 0 Å². The van der Waals surface area contributed by atoms with Gasteiger partial charge in [0, 0.05) is 17.5 Å². The first-order valence-corrected chi connectivity index (χ1v) is 7.33. The third-order valence-corrected chi connectivity index (χ3v) is 4.64. The van der Waals surface area contributed by atoms with Crippen molar-refractivity contribution in [3.8, 4) is 0 Å². The average Bonchev–Trinajstić information content (AvgIpc) is 2.44. The van der Waals surface area contributed by atoms with Gasteiger partial charge < -0.3 is 4.90 Å². The van der Waals surface area contributed by atoms with Gasteiger partial charge in [-0.3, -0.25) is 0 Å². The van der Waals surface area contributed by atoms with Crippen LogP contribution in [0.5, 0.6) is 0 Å². The van der Waals surface area contributed by atoms with Crippen molar-refractivity contribution in [3.63, 3.8) is 0 Å². The molecular weight excluding hydrogens is 277 g/mol. The summed E-state index contributed by atoms with van der Waals surface area (Å²) in [6, 6.07) is 14.6. The molecule has 1 heterocycles. The van der Waals surface area contributed by atoms with Crippen LogP contribution >= 0.6 is 23.2 Å². The number of benzene rings is 2. The molecule has 0 saturated carbocycles. The van der Waals surface area contributed by atoms with E-state index >= 15 is 0 Å². The van der Waals surface area contributed by atoms with E-state index < -0.39 is 0 Å². The molecule has 0 bridgehead atoms. The average molecular weight is 293 g/mol. The number of halogens is 2. The maximum atomic E-state index is 6.27. The Labute approximate surface area is 123 Å². The Balaban J connectivity index is 1.77. The summed E-state index contributed by atoms with van der Waals surface area (Å²) in [7, 11) is 0. The van der Waals surface area contributed by atoms with Crippen LogP contribution < -0.4 is 4.90 Å². The second kappa shape index (κ2) is 5.54. The molecule has 1 unspecified atom stereocenters. The molecule has 0 aliphatic carbocycles. The second-order valence-electron chi connectivity index (χ2n) is 5.09. The quantitative estimate of drug-likeness (QED) is 0.867. The van der Waals surface area contributed by atoms with Crippen LogP contribution in [0, 0.1) is 0 Å². The molecule has 1 N–H and O–H groups in total. The first kappa shape index (κ1) is 13.0. The maximum absolute atomic E-state index is 6.27. The smallest absolute Gasteiger partial charge is 0.105 e. The van der Waals surface area contributed by atoms with E-state index in [1.807, 2.05) is 12.1 Å². The van der Waals surface area contributed by atoms with Crippen molar-refractivity contribution in [2.24, 2.45) is 0 Å². The Morgan fingerprint density at radius 3 is 2.58 bits per heavy atom. The minimum atomic E-state index is 0.649. The van der Waals surface area contributed by atoms with Gasteiger partial charge in [-0.05, 0) is 11.6 Å². The van der Waals surface area contributed by atoms with Gasteiger partial charge in [-0.25, -0.2) is 0 Å². The van der Waals surface area contributed by atoms with E-state index in [1.54, 1.807) is 4.90 Å². The Morgan fingerprint density at radius 2 is 1.74 bits per heavy atom. The molecule has 2 aromatic rings. The first-order valence-electron chi connectivity index (χ1n) is 6.57. The van der Waals surface area contributed by atoms with Crippen LogP contribution in [0.4, 0.5) is 0 Å². The monoisotopic (exact) mass is 292 g/mol. The lowest BCUT2D eigenvalue weighted by Crippen LogP contribution is -3.10. The zero-order valence-electron chi connectivity index (χ0n) is 10.6. The molecule has 19 heavy (non-hydrogen) atoms. The molecule has 3 rings (SSSR count). The van der Waals surface area contributed by atoms with Crippen LogP contribution in [0.2, 0.25) is 10.0 Å². The zero-order valence-corrected chi connectivity index (χ0v) is 12.1. The van der Waals surface area contributed by atoms with Crippen molar-refractivity contribution in [1.82, 2.24) is 0 Å². The minimum absolute atomic E-state index is 0.649. The summed E-state index contributed by atoms with van der Waals surface area (Å²) in [5, 5.41) is 1.35. The summed E-state index contributed by atoms with van der Waals surface area (Å²) in [4.78, 5) is 1.54. The van der Waals surface area contributed by atoms with Crippen LogP contribution in [-0.4, -0.2) is 6.54 Å². The summed E-state index contributed by atoms with van der Waals surface area (Å²) in [5.74, 6) is 0. The molecule has 0 spiro atoms. The van der Waals surface area contributed by atoms with E-state index in [0.717, 1.165) is 31.6 Å². The fourth-order valence-electron chi connectivity index (χ4n) is 2.75. The van der Waals surface area contributed by atoms with E-state index in [0.29, 0.717) is 10.0 Å². The SMILES string of the molecule is Clc1cccc(C[NH+]2CCc3ccccc3C2)c1Cl. The summed E-state index contributed by atoms with van der Waals surface area (Å²) < 4.78 is 0. The summed E-state index contributed by atoms with van der Waals surface area (Å²) >= 11 is 12.3. The molecule has 1 aliphatic heterocycles. The highest BCUT2D eigenvalue weighted by Crippen LogP contribution is 2.25. The number of rotatable bonds is 2. The highest BCUT2D eigenvalue weighted by molar-refractivity contribution is 6.42. The van der Waals surface area contributed by atoms with E-state index in [4.69, 9.17) is 23.2 Å². The van der Waals surface area contributed by atoms with Gasteiger partial charge in [-0.1, -0.05) is 59.6 Å². The Hall–Kier alpha value is -1.02. The predicted molar refractivity (Wildman–Crippen MR) is 79.8 cm³/mol. The molecule has 0 fully saturated rings. The molecule has 1 aliphatic rings. The number of hydrogen-bond acceptors (Lipinski definition) is 0. The van der Waals surface area contributed by atoms with Gasteiger partial charge in [-0.2, -0.15) is 0 Å². The topological polar surface area (TPSA) is 4.44 Å². The number of quaternary nitrogens is 1. The summed E-state index contributed by atoms with van der Waals surface area (Å²) in [6.45, 7) is 3.16. The predicted octanol–water partition coefficient (Wildman–Crippen LogP) is 3.13.